The molecule has 64 valence electrons. The van der Waals surface area contributed by atoms with Crippen LogP contribution in [0.5, 0.6) is 0 Å². The van der Waals surface area contributed by atoms with Crippen LogP contribution in [0.4, 0.5) is 0 Å². The van der Waals surface area contributed by atoms with Crippen molar-refractivity contribution in [2.24, 2.45) is 0 Å². The van der Waals surface area contributed by atoms with Crippen molar-refractivity contribution < 1.29 is 9.84 Å². The van der Waals surface area contributed by atoms with E-state index in [1.165, 1.54) is 12.8 Å². The second-order valence-electron chi connectivity index (χ2n) is 2.97. The zero-order valence-electron chi connectivity index (χ0n) is 6.83. The molecule has 1 heterocycles. The molecule has 2 unspecified atom stereocenters. The minimum Gasteiger partial charge on any atom is -0.394 e. The lowest BCUT2D eigenvalue weighted by Gasteiger charge is -1.93. The van der Waals surface area contributed by atoms with Gasteiger partial charge >= 0.3 is 0 Å². The van der Waals surface area contributed by atoms with E-state index >= 15 is 0 Å². The third-order valence-corrected chi connectivity index (χ3v) is 2.01. The Bertz CT molecular complexity index is 123. The lowest BCUT2D eigenvalue weighted by molar-refractivity contribution is 0.241. The zero-order chi connectivity index (χ0) is 8.10. The summed E-state index contributed by atoms with van der Waals surface area (Å²) in [4.78, 5) is 0. The van der Waals surface area contributed by atoms with E-state index in [2.05, 4.69) is 6.58 Å². The fourth-order valence-corrected chi connectivity index (χ4v) is 1.23. The van der Waals surface area contributed by atoms with Crippen molar-refractivity contribution in [2.75, 3.05) is 6.61 Å². The quantitative estimate of drug-likeness (QED) is 0.359. The predicted octanol–water partition coefficient (Wildman–Crippen LogP) is 1.49. The summed E-state index contributed by atoms with van der Waals surface area (Å²) in [6.45, 7) is 3.84. The van der Waals surface area contributed by atoms with Crippen LogP contribution in [0.15, 0.2) is 12.7 Å². The van der Waals surface area contributed by atoms with Crippen molar-refractivity contribution in [3.8, 4) is 0 Å². The van der Waals surface area contributed by atoms with E-state index in [0.29, 0.717) is 6.10 Å². The van der Waals surface area contributed by atoms with Crippen LogP contribution in [0.3, 0.4) is 0 Å². The van der Waals surface area contributed by atoms with Crippen molar-refractivity contribution in [2.45, 2.75) is 37.9 Å². The number of epoxide rings is 1. The molecule has 0 aromatic heterocycles. The summed E-state index contributed by atoms with van der Waals surface area (Å²) in [6, 6.07) is 0. The Hall–Kier alpha value is -0.340. The molecule has 1 N–H and O–H groups in total. The highest BCUT2D eigenvalue weighted by molar-refractivity contribution is 4.83. The summed E-state index contributed by atoms with van der Waals surface area (Å²) in [5, 5.41) is 8.64. The molecule has 0 radical (unpaired) electrons. The van der Waals surface area contributed by atoms with Gasteiger partial charge in [0.2, 0.25) is 0 Å². The van der Waals surface area contributed by atoms with E-state index in [9.17, 15) is 0 Å². The molecule has 1 rings (SSSR count). The van der Waals surface area contributed by atoms with E-state index < -0.39 is 0 Å². The number of aliphatic hydroxyl groups is 1. The highest BCUT2D eigenvalue weighted by atomic mass is 16.6. The Morgan fingerprint density at radius 2 is 2.18 bits per heavy atom. The standard InChI is InChI=1S/C9H16O2/c1-2-3-4-5-6-8-9(7-10)11-8/h2,8-10H,1,3-7H2. The smallest absolute Gasteiger partial charge is 0.107 e. The van der Waals surface area contributed by atoms with Crippen molar-refractivity contribution >= 4 is 0 Å². The van der Waals surface area contributed by atoms with Gasteiger partial charge in [-0.15, -0.1) is 6.58 Å². The van der Waals surface area contributed by atoms with Crippen molar-refractivity contribution in [3.05, 3.63) is 12.7 Å². The number of rotatable bonds is 6. The topological polar surface area (TPSA) is 32.8 Å². The zero-order valence-corrected chi connectivity index (χ0v) is 6.83. The van der Waals surface area contributed by atoms with Gasteiger partial charge in [-0.2, -0.15) is 0 Å². The Morgan fingerprint density at radius 3 is 2.73 bits per heavy atom. The number of hydrogen-bond acceptors (Lipinski definition) is 2. The minimum atomic E-state index is 0.152. The second kappa shape index (κ2) is 4.52. The van der Waals surface area contributed by atoms with E-state index in [4.69, 9.17) is 9.84 Å². The van der Waals surface area contributed by atoms with Gasteiger partial charge in [0.05, 0.1) is 12.7 Å². The average molecular weight is 156 g/mol. The molecule has 2 nitrogen and oxygen atoms in total. The molecular weight excluding hydrogens is 140 g/mol. The van der Waals surface area contributed by atoms with Crippen LogP contribution >= 0.6 is 0 Å². The van der Waals surface area contributed by atoms with E-state index in [1.807, 2.05) is 6.08 Å². The van der Waals surface area contributed by atoms with Crippen molar-refractivity contribution in [3.63, 3.8) is 0 Å². The van der Waals surface area contributed by atoms with Crippen LogP contribution in [0.1, 0.15) is 25.7 Å². The van der Waals surface area contributed by atoms with Crippen LogP contribution in [0.25, 0.3) is 0 Å². The van der Waals surface area contributed by atoms with Crippen molar-refractivity contribution in [1.82, 2.24) is 0 Å². The van der Waals surface area contributed by atoms with Gasteiger partial charge in [-0.3, -0.25) is 0 Å². The number of ether oxygens (including phenoxy) is 1. The van der Waals surface area contributed by atoms with Crippen LogP contribution in [0.2, 0.25) is 0 Å². The summed E-state index contributed by atoms with van der Waals surface area (Å²) >= 11 is 0. The van der Waals surface area contributed by atoms with Gasteiger partial charge in [0, 0.05) is 0 Å². The largest absolute Gasteiger partial charge is 0.394 e. The third kappa shape index (κ3) is 3.04. The molecule has 0 spiro atoms. The first-order valence-corrected chi connectivity index (χ1v) is 4.25. The molecule has 0 amide bonds. The maximum atomic E-state index is 8.64. The Labute approximate surface area is 67.9 Å². The Kier molecular flexibility index (Phi) is 3.60. The molecule has 11 heavy (non-hydrogen) atoms. The van der Waals surface area contributed by atoms with Gasteiger partial charge < -0.3 is 9.84 Å². The van der Waals surface area contributed by atoms with Gasteiger partial charge in [0.15, 0.2) is 0 Å². The van der Waals surface area contributed by atoms with Crippen molar-refractivity contribution in [1.29, 1.82) is 0 Å². The predicted molar refractivity (Wildman–Crippen MR) is 44.4 cm³/mol. The molecule has 1 aliphatic heterocycles. The van der Waals surface area contributed by atoms with E-state index in [0.717, 1.165) is 12.8 Å². The highest BCUT2D eigenvalue weighted by Gasteiger charge is 2.36. The molecule has 0 bridgehead atoms. The van der Waals surface area contributed by atoms with E-state index in [-0.39, 0.29) is 12.7 Å². The summed E-state index contributed by atoms with van der Waals surface area (Å²) in [5.74, 6) is 0. The maximum absolute atomic E-state index is 8.64. The maximum Gasteiger partial charge on any atom is 0.107 e. The minimum absolute atomic E-state index is 0.152. The van der Waals surface area contributed by atoms with Gasteiger partial charge in [-0.05, 0) is 19.3 Å². The van der Waals surface area contributed by atoms with Crippen LogP contribution in [-0.4, -0.2) is 23.9 Å². The molecule has 0 aromatic carbocycles. The second-order valence-corrected chi connectivity index (χ2v) is 2.97. The molecule has 0 aliphatic carbocycles. The molecule has 1 saturated heterocycles. The van der Waals surface area contributed by atoms with Gasteiger partial charge in [-0.25, -0.2) is 0 Å². The number of unbranched alkanes of at least 4 members (excludes halogenated alkanes) is 2. The molecule has 0 saturated carbocycles. The molecule has 2 atom stereocenters. The first-order chi connectivity index (χ1) is 5.38. The number of allylic oxidation sites excluding steroid dienone is 1. The van der Waals surface area contributed by atoms with Crippen LogP contribution in [-0.2, 0) is 4.74 Å². The first kappa shape index (κ1) is 8.75. The highest BCUT2D eigenvalue weighted by Crippen LogP contribution is 2.26. The third-order valence-electron chi connectivity index (χ3n) is 2.01. The van der Waals surface area contributed by atoms with Crippen LogP contribution in [0, 0.1) is 0 Å². The monoisotopic (exact) mass is 156 g/mol. The molecular formula is C9H16O2. The summed E-state index contributed by atoms with van der Waals surface area (Å²) in [7, 11) is 0. The van der Waals surface area contributed by atoms with Gasteiger partial charge in [0.1, 0.15) is 6.10 Å². The summed E-state index contributed by atoms with van der Waals surface area (Å²) < 4.78 is 5.17. The number of hydrogen-bond donors (Lipinski definition) is 1. The average Bonchev–Trinajstić information content (AvgIpc) is 2.77. The van der Waals surface area contributed by atoms with Crippen LogP contribution < -0.4 is 0 Å². The summed E-state index contributed by atoms with van der Waals surface area (Å²) in [6.07, 6.45) is 7.02. The summed E-state index contributed by atoms with van der Waals surface area (Å²) in [5.41, 5.74) is 0. The molecule has 1 aliphatic rings. The van der Waals surface area contributed by atoms with E-state index in [1.54, 1.807) is 0 Å². The Morgan fingerprint density at radius 1 is 1.36 bits per heavy atom. The SMILES string of the molecule is C=CCCCCC1OC1CO. The fraction of sp³-hybridized carbons (Fsp3) is 0.778. The lowest BCUT2D eigenvalue weighted by Crippen LogP contribution is -1.98. The first-order valence-electron chi connectivity index (χ1n) is 4.25. The number of aliphatic hydroxyl groups excluding tert-OH is 1. The Balaban J connectivity index is 1.85. The molecule has 0 aromatic rings. The normalized spacial score (nSPS) is 28.5. The van der Waals surface area contributed by atoms with Gasteiger partial charge in [0.25, 0.3) is 0 Å². The van der Waals surface area contributed by atoms with Gasteiger partial charge in [-0.1, -0.05) is 12.5 Å². The molecule has 2 heteroatoms. The molecule has 1 fully saturated rings. The lowest BCUT2D eigenvalue weighted by atomic mass is 10.1. The fourth-order valence-electron chi connectivity index (χ4n) is 1.23.